The molecule has 0 saturated heterocycles. The van der Waals surface area contributed by atoms with E-state index in [1.165, 1.54) is 26.4 Å². The molecule has 3 N–H and O–H groups in total. The van der Waals surface area contributed by atoms with E-state index in [0.717, 1.165) is 25.7 Å². The van der Waals surface area contributed by atoms with E-state index >= 15 is 0 Å². The van der Waals surface area contributed by atoms with Crippen molar-refractivity contribution >= 4 is 11.6 Å². The molecule has 0 spiro atoms. The Hall–Kier alpha value is -2.39. The molecular formula is C17H25N3O6. The van der Waals surface area contributed by atoms with Crippen LogP contribution in [-0.4, -0.2) is 50.3 Å². The molecule has 0 bridgehead atoms. The normalized spacial score (nSPS) is 19.7. The monoisotopic (exact) mass is 367 g/mol. The van der Waals surface area contributed by atoms with Crippen LogP contribution in [0.5, 0.6) is 11.5 Å². The number of rotatable bonds is 8. The molecule has 1 aliphatic rings. The Morgan fingerprint density at radius 1 is 1.23 bits per heavy atom. The molecule has 2 rings (SSSR count). The number of nitrogens with one attached hydrogen (secondary N) is 1. The van der Waals surface area contributed by atoms with Crippen LogP contribution >= 0.6 is 0 Å². The maximum Gasteiger partial charge on any atom is 0.286 e. The van der Waals surface area contributed by atoms with Gasteiger partial charge in [0.2, 0.25) is 0 Å². The molecule has 144 valence electrons. The second-order valence-electron chi connectivity index (χ2n) is 6.20. The van der Waals surface area contributed by atoms with E-state index in [1.54, 1.807) is 0 Å². The summed E-state index contributed by atoms with van der Waals surface area (Å²) < 4.78 is 15.6. The predicted octanol–water partition coefficient (Wildman–Crippen LogP) is 1.63. The third kappa shape index (κ3) is 5.06. The van der Waals surface area contributed by atoms with E-state index in [0.29, 0.717) is 6.61 Å². The Morgan fingerprint density at radius 2 is 1.92 bits per heavy atom. The summed E-state index contributed by atoms with van der Waals surface area (Å²) in [5.74, 6) is -0.0575. The Labute approximate surface area is 151 Å². The summed E-state index contributed by atoms with van der Waals surface area (Å²) in [6, 6.07) is 2.66. The second kappa shape index (κ2) is 9.35. The Balaban J connectivity index is 2.22. The number of carbonyl (C=O) groups is 1. The number of benzene rings is 1. The second-order valence-corrected chi connectivity index (χ2v) is 6.20. The summed E-state index contributed by atoms with van der Waals surface area (Å²) in [5.41, 5.74) is 5.48. The highest BCUT2D eigenvalue weighted by atomic mass is 16.6. The van der Waals surface area contributed by atoms with Gasteiger partial charge in [-0.2, -0.15) is 0 Å². The maximum absolute atomic E-state index is 12.6. The van der Waals surface area contributed by atoms with Gasteiger partial charge in [-0.15, -0.1) is 0 Å². The van der Waals surface area contributed by atoms with Crippen LogP contribution in [0.4, 0.5) is 5.69 Å². The largest absolute Gasteiger partial charge is 0.493 e. The molecule has 9 heteroatoms. The van der Waals surface area contributed by atoms with Gasteiger partial charge < -0.3 is 25.3 Å². The summed E-state index contributed by atoms with van der Waals surface area (Å²) in [6.07, 6.45) is 3.16. The molecule has 0 aliphatic heterocycles. The van der Waals surface area contributed by atoms with Gasteiger partial charge in [0.25, 0.3) is 11.6 Å². The lowest BCUT2D eigenvalue weighted by molar-refractivity contribution is -0.385. The molecule has 0 atom stereocenters. The first-order valence-electron chi connectivity index (χ1n) is 8.50. The highest BCUT2D eigenvalue weighted by Gasteiger charge is 2.27. The summed E-state index contributed by atoms with van der Waals surface area (Å²) in [4.78, 5) is 23.4. The lowest BCUT2D eigenvalue weighted by atomic mass is 9.91. The Kier molecular flexibility index (Phi) is 7.16. The molecule has 26 heavy (non-hydrogen) atoms. The zero-order chi connectivity index (χ0) is 19.1. The molecule has 0 unspecified atom stereocenters. The maximum atomic E-state index is 12.6. The van der Waals surface area contributed by atoms with E-state index < -0.39 is 10.8 Å². The predicted molar refractivity (Wildman–Crippen MR) is 94.7 cm³/mol. The van der Waals surface area contributed by atoms with Gasteiger partial charge in [0, 0.05) is 25.3 Å². The van der Waals surface area contributed by atoms with Gasteiger partial charge in [-0.3, -0.25) is 14.9 Å². The van der Waals surface area contributed by atoms with Crippen LogP contribution in [0.25, 0.3) is 0 Å². The van der Waals surface area contributed by atoms with Gasteiger partial charge in [-0.1, -0.05) is 0 Å². The third-order valence-corrected chi connectivity index (χ3v) is 4.38. The SMILES string of the molecule is COCCOc1cc([N+](=O)[O-])c(C(=O)NC2CCC(N)CC2)cc1OC. The molecule has 1 fully saturated rings. The van der Waals surface area contributed by atoms with Crippen molar-refractivity contribution in [2.24, 2.45) is 5.73 Å². The van der Waals surface area contributed by atoms with Crippen molar-refractivity contribution in [2.45, 2.75) is 37.8 Å². The number of nitro groups is 1. The summed E-state index contributed by atoms with van der Waals surface area (Å²) in [6.45, 7) is 0.529. The molecule has 1 aromatic carbocycles. The zero-order valence-corrected chi connectivity index (χ0v) is 15.0. The minimum Gasteiger partial charge on any atom is -0.493 e. The van der Waals surface area contributed by atoms with E-state index in [1.807, 2.05) is 0 Å². The van der Waals surface area contributed by atoms with Crippen molar-refractivity contribution in [2.75, 3.05) is 27.4 Å². The van der Waals surface area contributed by atoms with Crippen LogP contribution in [0.3, 0.4) is 0 Å². The van der Waals surface area contributed by atoms with Crippen molar-refractivity contribution in [1.29, 1.82) is 0 Å². The van der Waals surface area contributed by atoms with Crippen LogP contribution in [0, 0.1) is 10.1 Å². The number of ether oxygens (including phenoxy) is 3. The first kappa shape index (κ1) is 19.9. The van der Waals surface area contributed by atoms with Gasteiger partial charge in [0.15, 0.2) is 11.5 Å². The number of amides is 1. The van der Waals surface area contributed by atoms with Crippen LogP contribution in [0.1, 0.15) is 36.0 Å². The minimum absolute atomic E-state index is 0.0365. The topological polar surface area (TPSA) is 126 Å². The van der Waals surface area contributed by atoms with Crippen molar-refractivity contribution in [3.63, 3.8) is 0 Å². The zero-order valence-electron chi connectivity index (χ0n) is 15.0. The molecule has 0 heterocycles. The molecule has 9 nitrogen and oxygen atoms in total. The third-order valence-electron chi connectivity index (χ3n) is 4.38. The van der Waals surface area contributed by atoms with Crippen LogP contribution in [-0.2, 0) is 4.74 Å². The average molecular weight is 367 g/mol. The first-order chi connectivity index (χ1) is 12.5. The smallest absolute Gasteiger partial charge is 0.286 e. The number of hydrogen-bond acceptors (Lipinski definition) is 7. The lowest BCUT2D eigenvalue weighted by Crippen LogP contribution is -2.40. The number of carbonyl (C=O) groups excluding carboxylic acids is 1. The molecule has 1 aromatic rings. The number of nitrogens with zero attached hydrogens (tertiary/aromatic N) is 1. The van der Waals surface area contributed by atoms with Crippen molar-refractivity contribution < 1.29 is 23.9 Å². The molecule has 1 aliphatic carbocycles. The van der Waals surface area contributed by atoms with E-state index in [2.05, 4.69) is 5.32 Å². The van der Waals surface area contributed by atoms with Gasteiger partial charge in [0.05, 0.1) is 24.7 Å². The molecule has 1 saturated carbocycles. The van der Waals surface area contributed by atoms with Gasteiger partial charge in [-0.25, -0.2) is 0 Å². The number of nitro benzene ring substituents is 1. The minimum atomic E-state index is -0.603. The fourth-order valence-electron chi connectivity index (χ4n) is 2.92. The fraction of sp³-hybridized carbons (Fsp3) is 0.588. The van der Waals surface area contributed by atoms with Crippen molar-refractivity contribution in [3.8, 4) is 11.5 Å². The summed E-state index contributed by atoms with van der Waals surface area (Å²) in [7, 11) is 2.93. The number of hydrogen-bond donors (Lipinski definition) is 2. The van der Waals surface area contributed by atoms with Crippen LogP contribution in [0.2, 0.25) is 0 Å². The molecule has 0 radical (unpaired) electrons. The number of methoxy groups -OCH3 is 2. The van der Waals surface area contributed by atoms with Crippen molar-refractivity contribution in [3.05, 3.63) is 27.8 Å². The summed E-state index contributed by atoms with van der Waals surface area (Å²) in [5, 5.41) is 14.3. The summed E-state index contributed by atoms with van der Waals surface area (Å²) >= 11 is 0. The molecule has 0 aromatic heterocycles. The highest BCUT2D eigenvalue weighted by molar-refractivity contribution is 5.99. The Bertz CT molecular complexity index is 644. The lowest BCUT2D eigenvalue weighted by Gasteiger charge is -2.26. The van der Waals surface area contributed by atoms with Gasteiger partial charge in [0.1, 0.15) is 12.2 Å². The highest BCUT2D eigenvalue weighted by Crippen LogP contribution is 2.35. The van der Waals surface area contributed by atoms with E-state index in [4.69, 9.17) is 19.9 Å². The van der Waals surface area contributed by atoms with Crippen molar-refractivity contribution in [1.82, 2.24) is 5.32 Å². The standard InChI is InChI=1S/C17H25N3O6/c1-24-7-8-26-16-10-14(20(22)23)13(9-15(16)25-2)17(21)19-12-5-3-11(18)4-6-12/h9-12H,3-8,18H2,1-2H3,(H,19,21). The fourth-order valence-corrected chi connectivity index (χ4v) is 2.92. The quantitative estimate of drug-likeness (QED) is 0.406. The Morgan fingerprint density at radius 3 is 2.50 bits per heavy atom. The molecule has 1 amide bonds. The van der Waals surface area contributed by atoms with E-state index in [-0.39, 0.29) is 41.4 Å². The van der Waals surface area contributed by atoms with Gasteiger partial charge >= 0.3 is 0 Å². The van der Waals surface area contributed by atoms with E-state index in [9.17, 15) is 14.9 Å². The average Bonchev–Trinajstić information content (AvgIpc) is 2.63. The first-order valence-corrected chi connectivity index (χ1v) is 8.50. The molecular weight excluding hydrogens is 342 g/mol. The van der Waals surface area contributed by atoms with Gasteiger partial charge in [-0.05, 0) is 25.7 Å². The van der Waals surface area contributed by atoms with Crippen LogP contribution in [0.15, 0.2) is 12.1 Å². The number of nitrogens with two attached hydrogens (primary N) is 1. The van der Waals surface area contributed by atoms with Crippen LogP contribution < -0.4 is 20.5 Å².